The maximum atomic E-state index is 5.03. The van der Waals surface area contributed by atoms with Gasteiger partial charge in [-0.05, 0) is 25.7 Å². The number of hydrogen-bond acceptors (Lipinski definition) is 1. The fourth-order valence-electron chi connectivity index (χ4n) is 0.792. The van der Waals surface area contributed by atoms with Crippen molar-refractivity contribution in [1.82, 2.24) is 0 Å². The van der Waals surface area contributed by atoms with Gasteiger partial charge in [0.25, 0.3) is 0 Å². The summed E-state index contributed by atoms with van der Waals surface area (Å²) in [6, 6.07) is 0. The summed E-state index contributed by atoms with van der Waals surface area (Å²) in [6.07, 6.45) is 3.77. The number of hydrogen-bond donors (Lipinski definition) is 0. The van der Waals surface area contributed by atoms with Crippen LogP contribution >= 0.6 is 0 Å². The minimum Gasteiger partial charge on any atom is -0.381 e. The molecule has 0 spiro atoms. The summed E-state index contributed by atoms with van der Waals surface area (Å²) in [5.41, 5.74) is 0. The summed E-state index contributed by atoms with van der Waals surface area (Å²) in [5, 5.41) is 0. The quantitative estimate of drug-likeness (QED) is 0.575. The first-order valence-electron chi connectivity index (χ1n) is 4.06. The lowest BCUT2D eigenvalue weighted by Gasteiger charge is -2.11. The van der Waals surface area contributed by atoms with E-state index in [4.69, 9.17) is 4.74 Å². The second-order valence-electron chi connectivity index (χ2n) is 2.95. The molecule has 1 radical (unpaired) electrons. The number of methoxy groups -OCH3 is 1. The second-order valence-corrected chi connectivity index (χ2v) is 2.95. The zero-order valence-corrected chi connectivity index (χ0v) is 7.39. The van der Waals surface area contributed by atoms with Gasteiger partial charge in [0, 0.05) is 7.11 Å². The molecule has 0 aromatic carbocycles. The van der Waals surface area contributed by atoms with Crippen LogP contribution in [0.4, 0.5) is 0 Å². The Morgan fingerprint density at radius 3 is 2.40 bits per heavy atom. The Kier molecular flexibility index (Phi) is 5.70. The molecule has 0 bridgehead atoms. The molecule has 2 atom stereocenters. The minimum absolute atomic E-state index is 0.189. The smallest absolute Gasteiger partial charge is 0.0572 e. The molecule has 0 aromatic heterocycles. The molecule has 1 heteroatoms. The van der Waals surface area contributed by atoms with Gasteiger partial charge in [-0.1, -0.05) is 20.3 Å². The fourth-order valence-corrected chi connectivity index (χ4v) is 0.792. The van der Waals surface area contributed by atoms with Crippen LogP contribution in [0, 0.1) is 12.8 Å². The molecule has 0 amide bonds. The molecule has 0 fully saturated rings. The van der Waals surface area contributed by atoms with Crippen LogP contribution in [0.2, 0.25) is 0 Å². The van der Waals surface area contributed by atoms with E-state index in [0.717, 1.165) is 12.3 Å². The monoisotopic (exact) mass is 143 g/mol. The van der Waals surface area contributed by atoms with Gasteiger partial charge in [-0.15, -0.1) is 0 Å². The summed E-state index contributed by atoms with van der Waals surface area (Å²) < 4.78 is 5.03. The number of rotatable bonds is 5. The van der Waals surface area contributed by atoms with Crippen LogP contribution < -0.4 is 0 Å². The van der Waals surface area contributed by atoms with E-state index in [2.05, 4.69) is 20.8 Å². The van der Waals surface area contributed by atoms with Crippen molar-refractivity contribution in [1.29, 1.82) is 0 Å². The average Bonchev–Trinajstić information content (AvgIpc) is 1.99. The minimum atomic E-state index is 0.189. The van der Waals surface area contributed by atoms with Crippen molar-refractivity contribution in [3.8, 4) is 0 Å². The van der Waals surface area contributed by atoms with E-state index in [0.29, 0.717) is 0 Å². The standard InChI is InChI=1S/C9H19O/c1-5-8(2)6-7-9(3)10-4/h8-9H,3,5-7H2,1-2,4H3. The maximum absolute atomic E-state index is 5.03. The molecule has 0 aliphatic heterocycles. The van der Waals surface area contributed by atoms with E-state index in [9.17, 15) is 0 Å². The second kappa shape index (κ2) is 5.72. The SMILES string of the molecule is [CH2]C(CCC(C)CC)OC. The van der Waals surface area contributed by atoms with Crippen molar-refractivity contribution in [3.05, 3.63) is 6.92 Å². The highest BCUT2D eigenvalue weighted by Gasteiger charge is 2.02. The Morgan fingerprint density at radius 1 is 1.40 bits per heavy atom. The van der Waals surface area contributed by atoms with E-state index in [1.165, 1.54) is 12.8 Å². The van der Waals surface area contributed by atoms with Crippen molar-refractivity contribution in [2.45, 2.75) is 39.2 Å². The van der Waals surface area contributed by atoms with Gasteiger partial charge in [-0.3, -0.25) is 0 Å². The first-order chi connectivity index (χ1) is 4.70. The Balaban J connectivity index is 3.17. The summed E-state index contributed by atoms with van der Waals surface area (Å²) in [5.74, 6) is 0.819. The molecule has 0 rings (SSSR count). The molecule has 0 aliphatic carbocycles. The molecule has 0 N–H and O–H groups in total. The lowest BCUT2D eigenvalue weighted by molar-refractivity contribution is 0.125. The first kappa shape index (κ1) is 9.96. The zero-order valence-electron chi connectivity index (χ0n) is 7.39. The van der Waals surface area contributed by atoms with Gasteiger partial charge in [0.1, 0.15) is 0 Å². The molecule has 0 saturated heterocycles. The maximum Gasteiger partial charge on any atom is 0.0572 e. The van der Waals surface area contributed by atoms with Gasteiger partial charge in [0.05, 0.1) is 6.10 Å². The van der Waals surface area contributed by atoms with Crippen molar-refractivity contribution in [2.24, 2.45) is 5.92 Å². The molecule has 0 saturated carbocycles. The van der Waals surface area contributed by atoms with E-state index in [1.807, 2.05) is 0 Å². The van der Waals surface area contributed by atoms with Crippen molar-refractivity contribution < 1.29 is 4.74 Å². The van der Waals surface area contributed by atoms with Gasteiger partial charge in [-0.2, -0.15) is 0 Å². The van der Waals surface area contributed by atoms with Crippen LogP contribution in [-0.4, -0.2) is 13.2 Å². The molecule has 10 heavy (non-hydrogen) atoms. The van der Waals surface area contributed by atoms with Crippen LogP contribution in [-0.2, 0) is 4.74 Å². The highest BCUT2D eigenvalue weighted by Crippen LogP contribution is 2.11. The highest BCUT2D eigenvalue weighted by molar-refractivity contribution is 4.61. The van der Waals surface area contributed by atoms with Crippen molar-refractivity contribution in [3.63, 3.8) is 0 Å². The van der Waals surface area contributed by atoms with E-state index >= 15 is 0 Å². The van der Waals surface area contributed by atoms with Gasteiger partial charge in [0.2, 0.25) is 0 Å². The third-order valence-electron chi connectivity index (χ3n) is 2.01. The lowest BCUT2D eigenvalue weighted by atomic mass is 10.0. The molecule has 0 aliphatic rings. The van der Waals surface area contributed by atoms with Crippen LogP contribution in [0.5, 0.6) is 0 Å². The summed E-state index contributed by atoms with van der Waals surface area (Å²) in [7, 11) is 1.72. The molecule has 0 aromatic rings. The molecular weight excluding hydrogens is 124 g/mol. The van der Waals surface area contributed by atoms with Crippen LogP contribution in [0.15, 0.2) is 0 Å². The molecule has 1 nitrogen and oxygen atoms in total. The first-order valence-corrected chi connectivity index (χ1v) is 4.06. The highest BCUT2D eigenvalue weighted by atomic mass is 16.5. The van der Waals surface area contributed by atoms with Gasteiger partial charge >= 0.3 is 0 Å². The van der Waals surface area contributed by atoms with E-state index < -0.39 is 0 Å². The largest absolute Gasteiger partial charge is 0.381 e. The van der Waals surface area contributed by atoms with Crippen LogP contribution in [0.3, 0.4) is 0 Å². The van der Waals surface area contributed by atoms with Gasteiger partial charge < -0.3 is 4.74 Å². The normalized spacial score (nSPS) is 16.8. The van der Waals surface area contributed by atoms with Crippen LogP contribution in [0.25, 0.3) is 0 Å². The van der Waals surface area contributed by atoms with E-state index in [-0.39, 0.29) is 6.10 Å². The Hall–Kier alpha value is -0.0400. The Bertz CT molecular complexity index is 61.1. The lowest BCUT2D eigenvalue weighted by Crippen LogP contribution is -2.06. The van der Waals surface area contributed by atoms with Crippen LogP contribution in [0.1, 0.15) is 33.1 Å². The molecule has 2 unspecified atom stereocenters. The third-order valence-corrected chi connectivity index (χ3v) is 2.01. The predicted octanol–water partition coefficient (Wildman–Crippen LogP) is 2.66. The zero-order chi connectivity index (χ0) is 7.98. The van der Waals surface area contributed by atoms with Gasteiger partial charge in [0.15, 0.2) is 0 Å². The molecule has 61 valence electrons. The summed E-state index contributed by atoms with van der Waals surface area (Å²) >= 11 is 0. The van der Waals surface area contributed by atoms with E-state index in [1.54, 1.807) is 7.11 Å². The summed E-state index contributed by atoms with van der Waals surface area (Å²) in [4.78, 5) is 0. The van der Waals surface area contributed by atoms with Crippen molar-refractivity contribution in [2.75, 3.05) is 7.11 Å². The Labute approximate surface area is 64.8 Å². The number of ether oxygens (including phenoxy) is 1. The average molecular weight is 143 g/mol. The fraction of sp³-hybridized carbons (Fsp3) is 0.889. The summed E-state index contributed by atoms with van der Waals surface area (Å²) in [6.45, 7) is 8.32. The Morgan fingerprint density at radius 2 is 2.00 bits per heavy atom. The topological polar surface area (TPSA) is 9.23 Å². The molecule has 0 heterocycles. The predicted molar refractivity (Wildman–Crippen MR) is 44.8 cm³/mol. The van der Waals surface area contributed by atoms with Gasteiger partial charge in [-0.25, -0.2) is 0 Å². The van der Waals surface area contributed by atoms with Crippen molar-refractivity contribution >= 4 is 0 Å². The molecular formula is C9H19O. The third kappa shape index (κ3) is 4.80.